The maximum Gasteiger partial charge on any atom is 0.214 e. The van der Waals surface area contributed by atoms with Gasteiger partial charge in [0.25, 0.3) is 0 Å². The molecule has 0 saturated carbocycles. The maximum absolute atomic E-state index is 13.8. The number of benzene rings is 1. The van der Waals surface area contributed by atoms with Crippen molar-refractivity contribution in [2.75, 3.05) is 18.0 Å². The van der Waals surface area contributed by atoms with Crippen LogP contribution >= 0.6 is 0 Å². The molecule has 1 fully saturated rings. The van der Waals surface area contributed by atoms with E-state index in [1.807, 2.05) is 4.90 Å². The van der Waals surface area contributed by atoms with Crippen LogP contribution in [0.3, 0.4) is 0 Å². The minimum absolute atomic E-state index is 0.190. The molecule has 3 aromatic rings. The predicted molar refractivity (Wildman–Crippen MR) is 89.7 cm³/mol. The summed E-state index contributed by atoms with van der Waals surface area (Å²) in [6.45, 7) is 2.63. The summed E-state index contributed by atoms with van der Waals surface area (Å²) in [6, 6.07) is 1.50. The maximum atomic E-state index is 13.8. The standard InChI is InChI=1S/C17H18F3N5O/c1-9-6-22-16(26-9)8-25-15-5-12(20)11(19)4-14(15)23-17(25)24-3-2-10(18)13(21)7-24/h4-6,10,13H,2-3,7-8,21H2,1H3/t10?,13-/m1/s1. The van der Waals surface area contributed by atoms with Crippen molar-refractivity contribution in [3.63, 3.8) is 0 Å². The highest BCUT2D eigenvalue weighted by Crippen LogP contribution is 2.28. The number of hydrogen-bond donors (Lipinski definition) is 1. The van der Waals surface area contributed by atoms with E-state index in [-0.39, 0.29) is 19.5 Å². The van der Waals surface area contributed by atoms with Crippen LogP contribution in [0.4, 0.5) is 19.1 Å². The van der Waals surface area contributed by atoms with Crippen LogP contribution in [-0.4, -0.2) is 39.8 Å². The molecule has 1 unspecified atom stereocenters. The van der Waals surface area contributed by atoms with Crippen LogP contribution in [0.1, 0.15) is 18.1 Å². The fraction of sp³-hybridized carbons (Fsp3) is 0.412. The summed E-state index contributed by atoms with van der Waals surface area (Å²) >= 11 is 0. The number of oxazole rings is 1. The first-order chi connectivity index (χ1) is 12.4. The number of halogens is 3. The van der Waals surface area contributed by atoms with Crippen molar-refractivity contribution in [3.05, 3.63) is 41.6 Å². The van der Waals surface area contributed by atoms with Crippen LogP contribution in [-0.2, 0) is 6.54 Å². The summed E-state index contributed by atoms with van der Waals surface area (Å²) in [5.74, 6) is -0.420. The minimum atomic E-state index is -1.08. The Morgan fingerprint density at radius 2 is 2.08 bits per heavy atom. The van der Waals surface area contributed by atoms with Crippen molar-refractivity contribution in [1.82, 2.24) is 14.5 Å². The van der Waals surface area contributed by atoms with Gasteiger partial charge in [0.1, 0.15) is 18.5 Å². The van der Waals surface area contributed by atoms with Crippen LogP contribution in [0.5, 0.6) is 0 Å². The Morgan fingerprint density at radius 3 is 2.77 bits per heavy atom. The van der Waals surface area contributed by atoms with Crippen molar-refractivity contribution < 1.29 is 17.6 Å². The minimum Gasteiger partial charge on any atom is -0.444 e. The van der Waals surface area contributed by atoms with Gasteiger partial charge >= 0.3 is 0 Å². The van der Waals surface area contributed by atoms with E-state index in [2.05, 4.69) is 9.97 Å². The highest BCUT2D eigenvalue weighted by Gasteiger charge is 2.29. The lowest BCUT2D eigenvalue weighted by molar-refractivity contribution is 0.243. The summed E-state index contributed by atoms with van der Waals surface area (Å²) in [4.78, 5) is 10.4. The van der Waals surface area contributed by atoms with Gasteiger partial charge < -0.3 is 19.6 Å². The Bertz CT molecular complexity index is 953. The Kier molecular flexibility index (Phi) is 4.10. The highest BCUT2D eigenvalue weighted by molar-refractivity contribution is 5.79. The molecule has 2 aromatic heterocycles. The summed E-state index contributed by atoms with van der Waals surface area (Å²) in [7, 11) is 0. The van der Waals surface area contributed by atoms with Crippen molar-refractivity contribution in [1.29, 1.82) is 0 Å². The van der Waals surface area contributed by atoms with Crippen molar-refractivity contribution in [3.8, 4) is 0 Å². The second-order valence-electron chi connectivity index (χ2n) is 6.53. The van der Waals surface area contributed by atoms with Gasteiger partial charge in [0, 0.05) is 25.2 Å². The number of aromatic nitrogens is 3. The van der Waals surface area contributed by atoms with Crippen LogP contribution in [0.15, 0.2) is 22.7 Å². The largest absolute Gasteiger partial charge is 0.444 e. The lowest BCUT2D eigenvalue weighted by Gasteiger charge is -2.33. The number of imidazole rings is 1. The van der Waals surface area contributed by atoms with Crippen molar-refractivity contribution in [2.45, 2.75) is 32.1 Å². The topological polar surface area (TPSA) is 73.1 Å². The van der Waals surface area contributed by atoms with E-state index in [9.17, 15) is 13.2 Å². The number of nitrogens with zero attached hydrogens (tertiary/aromatic N) is 4. The molecular formula is C17H18F3N5O. The molecule has 0 aliphatic carbocycles. The third kappa shape index (κ3) is 2.92. The quantitative estimate of drug-likeness (QED) is 0.772. The van der Waals surface area contributed by atoms with Crippen LogP contribution < -0.4 is 10.6 Å². The molecule has 0 radical (unpaired) electrons. The van der Waals surface area contributed by atoms with E-state index in [0.29, 0.717) is 35.2 Å². The van der Waals surface area contributed by atoms with E-state index < -0.39 is 23.8 Å². The lowest BCUT2D eigenvalue weighted by atomic mass is 10.1. The van der Waals surface area contributed by atoms with Gasteiger partial charge in [-0.05, 0) is 13.3 Å². The van der Waals surface area contributed by atoms with Crippen LogP contribution in [0.2, 0.25) is 0 Å². The number of nitrogens with two attached hydrogens (primary N) is 1. The van der Waals surface area contributed by atoms with Crippen molar-refractivity contribution >= 4 is 17.0 Å². The number of alkyl halides is 1. The Labute approximate surface area is 147 Å². The Balaban J connectivity index is 1.81. The molecule has 4 rings (SSSR count). The molecule has 9 heteroatoms. The SMILES string of the molecule is Cc1cnc(Cn2c(N3CCC(F)[C@H](N)C3)nc3cc(F)c(F)cc32)o1. The summed E-state index contributed by atoms with van der Waals surface area (Å²) in [5.41, 5.74) is 6.56. The first-order valence-corrected chi connectivity index (χ1v) is 8.33. The number of anilines is 1. The molecule has 1 aliphatic heterocycles. The first kappa shape index (κ1) is 16.9. The van der Waals surface area contributed by atoms with Gasteiger partial charge in [-0.25, -0.2) is 23.1 Å². The Morgan fingerprint density at radius 1 is 1.31 bits per heavy atom. The second-order valence-corrected chi connectivity index (χ2v) is 6.53. The molecule has 3 heterocycles. The third-order valence-electron chi connectivity index (χ3n) is 4.59. The molecule has 138 valence electrons. The molecule has 1 saturated heterocycles. The molecule has 1 aliphatic rings. The molecule has 0 amide bonds. The first-order valence-electron chi connectivity index (χ1n) is 8.33. The van der Waals surface area contributed by atoms with Crippen LogP contribution in [0, 0.1) is 18.6 Å². The number of rotatable bonds is 3. The van der Waals surface area contributed by atoms with E-state index in [0.717, 1.165) is 12.1 Å². The number of piperidine rings is 1. The summed E-state index contributed by atoms with van der Waals surface area (Å²) < 4.78 is 48.4. The van der Waals surface area contributed by atoms with Gasteiger partial charge in [0.05, 0.1) is 23.3 Å². The fourth-order valence-corrected chi connectivity index (χ4v) is 3.25. The van der Waals surface area contributed by atoms with E-state index in [4.69, 9.17) is 10.2 Å². The van der Waals surface area contributed by atoms with E-state index >= 15 is 0 Å². The zero-order chi connectivity index (χ0) is 18.4. The van der Waals surface area contributed by atoms with Gasteiger partial charge in [-0.1, -0.05) is 0 Å². The summed E-state index contributed by atoms with van der Waals surface area (Å²) in [6.07, 6.45) is 0.776. The van der Waals surface area contributed by atoms with Gasteiger partial charge in [0.2, 0.25) is 11.8 Å². The molecule has 0 bridgehead atoms. The third-order valence-corrected chi connectivity index (χ3v) is 4.59. The number of fused-ring (bicyclic) bond motifs is 1. The predicted octanol–water partition coefficient (Wildman–Crippen LogP) is 2.53. The lowest BCUT2D eigenvalue weighted by Crippen LogP contribution is -2.50. The molecule has 6 nitrogen and oxygen atoms in total. The van der Waals surface area contributed by atoms with Gasteiger partial charge in [-0.2, -0.15) is 0 Å². The average Bonchev–Trinajstić information content (AvgIpc) is 3.15. The number of aryl methyl sites for hydroxylation is 1. The normalized spacial score (nSPS) is 20.9. The fourth-order valence-electron chi connectivity index (χ4n) is 3.25. The van der Waals surface area contributed by atoms with E-state index in [1.54, 1.807) is 17.7 Å². The van der Waals surface area contributed by atoms with E-state index in [1.165, 1.54) is 0 Å². The second kappa shape index (κ2) is 6.31. The monoisotopic (exact) mass is 365 g/mol. The molecule has 0 spiro atoms. The molecule has 2 atom stereocenters. The molecule has 1 aromatic carbocycles. The smallest absolute Gasteiger partial charge is 0.214 e. The van der Waals surface area contributed by atoms with Gasteiger partial charge in [-0.15, -0.1) is 0 Å². The van der Waals surface area contributed by atoms with Crippen molar-refractivity contribution in [2.24, 2.45) is 5.73 Å². The summed E-state index contributed by atoms with van der Waals surface area (Å²) in [5, 5.41) is 0. The van der Waals surface area contributed by atoms with Gasteiger partial charge in [-0.3, -0.25) is 0 Å². The zero-order valence-electron chi connectivity index (χ0n) is 14.1. The highest BCUT2D eigenvalue weighted by atomic mass is 19.2. The van der Waals surface area contributed by atoms with Gasteiger partial charge in [0.15, 0.2) is 11.6 Å². The zero-order valence-corrected chi connectivity index (χ0v) is 14.1. The average molecular weight is 365 g/mol. The molecule has 2 N–H and O–H groups in total. The Hall–Kier alpha value is -2.55. The molecule has 26 heavy (non-hydrogen) atoms. The number of hydrogen-bond acceptors (Lipinski definition) is 5. The molecular weight excluding hydrogens is 347 g/mol. The van der Waals surface area contributed by atoms with Crippen LogP contribution in [0.25, 0.3) is 11.0 Å².